The summed E-state index contributed by atoms with van der Waals surface area (Å²) in [6.45, 7) is 1.72. The van der Waals surface area contributed by atoms with Gasteiger partial charge in [-0.1, -0.05) is 0 Å². The van der Waals surface area contributed by atoms with Crippen LogP contribution in [0.2, 0.25) is 0 Å². The standard InChI is InChI=1S/C13H17FN2O3/c14-9-1-2-12(19-6-4-15)11(7-9)13(17)16-10-3-5-18-8-10/h1-2,7,10H,3-6,8,15H2,(H,16,17). The van der Waals surface area contributed by atoms with Gasteiger partial charge in [-0.3, -0.25) is 4.79 Å². The van der Waals surface area contributed by atoms with Crippen molar-refractivity contribution in [2.45, 2.75) is 12.5 Å². The van der Waals surface area contributed by atoms with Crippen molar-refractivity contribution in [1.82, 2.24) is 5.32 Å². The number of ether oxygens (including phenoxy) is 2. The molecule has 19 heavy (non-hydrogen) atoms. The topological polar surface area (TPSA) is 73.6 Å². The molecule has 2 rings (SSSR count). The molecule has 0 aromatic heterocycles. The van der Waals surface area contributed by atoms with E-state index in [0.29, 0.717) is 25.5 Å². The number of nitrogens with two attached hydrogens (primary N) is 1. The Morgan fingerprint density at radius 3 is 3.11 bits per heavy atom. The highest BCUT2D eigenvalue weighted by Crippen LogP contribution is 2.20. The molecule has 5 nitrogen and oxygen atoms in total. The van der Waals surface area contributed by atoms with Crippen LogP contribution in [0.25, 0.3) is 0 Å². The van der Waals surface area contributed by atoms with Gasteiger partial charge in [0, 0.05) is 13.2 Å². The van der Waals surface area contributed by atoms with E-state index >= 15 is 0 Å². The van der Waals surface area contributed by atoms with Crippen LogP contribution in [-0.2, 0) is 4.74 Å². The minimum atomic E-state index is -0.479. The summed E-state index contributed by atoms with van der Waals surface area (Å²) in [6, 6.07) is 3.82. The van der Waals surface area contributed by atoms with Gasteiger partial charge in [0.05, 0.1) is 18.2 Å². The van der Waals surface area contributed by atoms with Gasteiger partial charge in [0.2, 0.25) is 0 Å². The molecule has 3 N–H and O–H groups in total. The minimum Gasteiger partial charge on any atom is -0.491 e. The molecule has 1 heterocycles. The average molecular weight is 268 g/mol. The van der Waals surface area contributed by atoms with Gasteiger partial charge < -0.3 is 20.5 Å². The molecule has 1 unspecified atom stereocenters. The molecule has 1 amide bonds. The number of amides is 1. The summed E-state index contributed by atoms with van der Waals surface area (Å²) in [6.07, 6.45) is 0.764. The first-order chi connectivity index (χ1) is 9.20. The fourth-order valence-corrected chi connectivity index (χ4v) is 1.89. The number of halogens is 1. The normalized spacial score (nSPS) is 18.3. The summed E-state index contributed by atoms with van der Waals surface area (Å²) >= 11 is 0. The molecule has 0 aliphatic carbocycles. The second-order valence-electron chi connectivity index (χ2n) is 4.31. The maximum atomic E-state index is 13.3. The highest BCUT2D eigenvalue weighted by molar-refractivity contribution is 5.97. The molecule has 1 atom stereocenters. The molecule has 1 aliphatic heterocycles. The van der Waals surface area contributed by atoms with Crippen LogP contribution in [0.1, 0.15) is 16.8 Å². The van der Waals surface area contributed by atoms with E-state index in [2.05, 4.69) is 5.32 Å². The third-order valence-corrected chi connectivity index (χ3v) is 2.83. The second-order valence-corrected chi connectivity index (χ2v) is 4.31. The van der Waals surface area contributed by atoms with Crippen molar-refractivity contribution in [3.05, 3.63) is 29.6 Å². The van der Waals surface area contributed by atoms with Crippen molar-refractivity contribution in [2.24, 2.45) is 5.73 Å². The molecule has 0 saturated carbocycles. The zero-order valence-corrected chi connectivity index (χ0v) is 10.5. The molecule has 1 aromatic carbocycles. The SMILES string of the molecule is NCCOc1ccc(F)cc1C(=O)NC1CCOC1. The maximum Gasteiger partial charge on any atom is 0.255 e. The van der Waals surface area contributed by atoms with Crippen molar-refractivity contribution < 1.29 is 18.7 Å². The van der Waals surface area contributed by atoms with E-state index in [1.165, 1.54) is 12.1 Å². The number of hydrogen-bond acceptors (Lipinski definition) is 4. The van der Waals surface area contributed by atoms with E-state index in [9.17, 15) is 9.18 Å². The second kappa shape index (κ2) is 6.49. The summed E-state index contributed by atoms with van der Waals surface area (Å²) in [5.41, 5.74) is 5.53. The van der Waals surface area contributed by atoms with E-state index in [1.807, 2.05) is 0 Å². The Kier molecular flexibility index (Phi) is 4.70. The van der Waals surface area contributed by atoms with E-state index in [-0.39, 0.29) is 24.1 Å². The van der Waals surface area contributed by atoms with Gasteiger partial charge in [-0.15, -0.1) is 0 Å². The van der Waals surface area contributed by atoms with Crippen LogP contribution in [0.3, 0.4) is 0 Å². The van der Waals surface area contributed by atoms with Gasteiger partial charge >= 0.3 is 0 Å². The van der Waals surface area contributed by atoms with Crippen LogP contribution < -0.4 is 15.8 Å². The van der Waals surface area contributed by atoms with Crippen LogP contribution in [0.4, 0.5) is 4.39 Å². The number of nitrogens with one attached hydrogen (secondary N) is 1. The van der Waals surface area contributed by atoms with E-state index in [4.69, 9.17) is 15.2 Å². The Labute approximate surface area is 110 Å². The Bertz CT molecular complexity index is 448. The van der Waals surface area contributed by atoms with E-state index in [1.54, 1.807) is 0 Å². The van der Waals surface area contributed by atoms with Crippen LogP contribution in [0.15, 0.2) is 18.2 Å². The minimum absolute atomic E-state index is 0.0295. The molecule has 1 aromatic rings. The zero-order chi connectivity index (χ0) is 13.7. The molecule has 0 spiro atoms. The number of rotatable bonds is 5. The average Bonchev–Trinajstić information content (AvgIpc) is 2.90. The first-order valence-electron chi connectivity index (χ1n) is 6.21. The summed E-state index contributed by atoms with van der Waals surface area (Å²) in [4.78, 5) is 12.1. The van der Waals surface area contributed by atoms with Crippen LogP contribution in [-0.4, -0.2) is 38.3 Å². The van der Waals surface area contributed by atoms with Crippen LogP contribution in [0, 0.1) is 5.82 Å². The highest BCUT2D eigenvalue weighted by atomic mass is 19.1. The first-order valence-corrected chi connectivity index (χ1v) is 6.21. The van der Waals surface area contributed by atoms with Crippen molar-refractivity contribution in [2.75, 3.05) is 26.4 Å². The Morgan fingerprint density at radius 2 is 2.42 bits per heavy atom. The number of carbonyl (C=O) groups excluding carboxylic acids is 1. The largest absolute Gasteiger partial charge is 0.491 e. The maximum absolute atomic E-state index is 13.3. The van der Waals surface area contributed by atoms with Crippen LogP contribution in [0.5, 0.6) is 5.75 Å². The molecule has 6 heteroatoms. The van der Waals surface area contributed by atoms with E-state index in [0.717, 1.165) is 12.5 Å². The molecule has 1 saturated heterocycles. The Hall–Kier alpha value is -1.66. The van der Waals surface area contributed by atoms with Gasteiger partial charge in [-0.2, -0.15) is 0 Å². The summed E-state index contributed by atoms with van der Waals surface area (Å²) in [5, 5.41) is 2.80. The third kappa shape index (κ3) is 3.65. The van der Waals surface area contributed by atoms with Gasteiger partial charge in [0.25, 0.3) is 5.91 Å². The van der Waals surface area contributed by atoms with Crippen molar-refractivity contribution in [3.8, 4) is 5.75 Å². The smallest absolute Gasteiger partial charge is 0.255 e. The Morgan fingerprint density at radius 1 is 1.58 bits per heavy atom. The summed E-state index contributed by atoms with van der Waals surface area (Å²) in [5.74, 6) is -0.502. The molecule has 104 valence electrons. The number of benzene rings is 1. The molecular weight excluding hydrogens is 251 g/mol. The quantitative estimate of drug-likeness (QED) is 0.823. The summed E-state index contributed by atoms with van der Waals surface area (Å²) < 4.78 is 23.8. The lowest BCUT2D eigenvalue weighted by molar-refractivity contribution is 0.0925. The molecule has 0 radical (unpaired) electrons. The lowest BCUT2D eigenvalue weighted by atomic mass is 10.1. The van der Waals surface area contributed by atoms with Crippen molar-refractivity contribution in [1.29, 1.82) is 0 Å². The molecular formula is C13H17FN2O3. The number of carbonyl (C=O) groups is 1. The van der Waals surface area contributed by atoms with Gasteiger partial charge in [0.15, 0.2) is 0 Å². The van der Waals surface area contributed by atoms with Gasteiger partial charge in [-0.05, 0) is 24.6 Å². The molecule has 1 aliphatic rings. The zero-order valence-electron chi connectivity index (χ0n) is 10.5. The summed E-state index contributed by atoms with van der Waals surface area (Å²) in [7, 11) is 0. The predicted octanol–water partition coefficient (Wildman–Crippen LogP) is 0.682. The van der Waals surface area contributed by atoms with Gasteiger partial charge in [-0.25, -0.2) is 4.39 Å². The third-order valence-electron chi connectivity index (χ3n) is 2.83. The molecule has 0 bridgehead atoms. The fraction of sp³-hybridized carbons (Fsp3) is 0.462. The Balaban J connectivity index is 2.11. The van der Waals surface area contributed by atoms with Crippen LogP contribution >= 0.6 is 0 Å². The monoisotopic (exact) mass is 268 g/mol. The van der Waals surface area contributed by atoms with Crippen molar-refractivity contribution in [3.63, 3.8) is 0 Å². The highest BCUT2D eigenvalue weighted by Gasteiger charge is 2.21. The predicted molar refractivity (Wildman–Crippen MR) is 67.6 cm³/mol. The first kappa shape index (κ1) is 13.8. The molecule has 1 fully saturated rings. The van der Waals surface area contributed by atoms with Gasteiger partial charge in [0.1, 0.15) is 18.2 Å². The van der Waals surface area contributed by atoms with E-state index < -0.39 is 5.82 Å². The van der Waals surface area contributed by atoms with Crippen molar-refractivity contribution >= 4 is 5.91 Å². The fourth-order valence-electron chi connectivity index (χ4n) is 1.89. The number of hydrogen-bond donors (Lipinski definition) is 2. The lowest BCUT2D eigenvalue weighted by Crippen LogP contribution is -2.35. The lowest BCUT2D eigenvalue weighted by Gasteiger charge is -2.14.